The molecule has 1 saturated heterocycles. The van der Waals surface area contributed by atoms with E-state index in [0.717, 1.165) is 0 Å². The zero-order chi connectivity index (χ0) is 15.5. The van der Waals surface area contributed by atoms with Gasteiger partial charge in [0.1, 0.15) is 6.10 Å². The fourth-order valence-corrected chi connectivity index (χ4v) is 2.39. The van der Waals surface area contributed by atoms with Gasteiger partial charge in [-0.05, 0) is 22.3 Å². The summed E-state index contributed by atoms with van der Waals surface area (Å²) in [4.78, 5) is 11.5. The molecular weight excluding hydrogens is 276 g/mol. The number of nitrogens with zero attached hydrogens (tertiary/aromatic N) is 4. The summed E-state index contributed by atoms with van der Waals surface area (Å²) >= 11 is 0. The predicted octanol–water partition coefficient (Wildman–Crippen LogP) is 0.898. The van der Waals surface area contributed by atoms with Crippen molar-refractivity contribution in [3.63, 3.8) is 0 Å². The number of carboxylic acid groups (broad SMARTS) is 1. The highest BCUT2D eigenvalue weighted by Gasteiger charge is 2.29. The minimum absolute atomic E-state index is 0.0817. The molecule has 0 aromatic carbocycles. The first-order valence-electron chi connectivity index (χ1n) is 7.05. The molecule has 1 aromatic rings. The van der Waals surface area contributed by atoms with Crippen LogP contribution < -0.4 is 0 Å². The zero-order valence-electron chi connectivity index (χ0n) is 12.7. The molecule has 0 saturated carbocycles. The fourth-order valence-electron chi connectivity index (χ4n) is 2.39. The van der Waals surface area contributed by atoms with Crippen LogP contribution in [0.5, 0.6) is 0 Å². The van der Waals surface area contributed by atoms with Gasteiger partial charge in [-0.15, -0.1) is 5.10 Å². The molecule has 0 amide bonds. The third-order valence-electron chi connectivity index (χ3n) is 3.26. The molecule has 1 N–H and O–H groups in total. The quantitative estimate of drug-likeness (QED) is 0.862. The van der Waals surface area contributed by atoms with E-state index < -0.39 is 11.9 Å². The third-order valence-corrected chi connectivity index (χ3v) is 3.26. The normalized spacial score (nSPS) is 21.2. The monoisotopic (exact) mass is 298 g/mol. The van der Waals surface area contributed by atoms with E-state index in [2.05, 4.69) is 15.5 Å². The number of hydrogen-bond acceptors (Lipinski definition) is 6. The molecule has 2 atom stereocenters. The Morgan fingerprint density at radius 1 is 1.48 bits per heavy atom. The van der Waals surface area contributed by atoms with E-state index in [-0.39, 0.29) is 18.1 Å². The average Bonchev–Trinajstić information content (AvgIpc) is 2.85. The van der Waals surface area contributed by atoms with Crippen molar-refractivity contribution in [1.82, 2.24) is 20.2 Å². The molecule has 21 heavy (non-hydrogen) atoms. The van der Waals surface area contributed by atoms with Crippen molar-refractivity contribution < 1.29 is 19.4 Å². The first-order chi connectivity index (χ1) is 9.87. The molecular formula is C13H22N4O4. The van der Waals surface area contributed by atoms with Crippen LogP contribution in [0.3, 0.4) is 0 Å². The largest absolute Gasteiger partial charge is 0.481 e. The predicted molar refractivity (Wildman–Crippen MR) is 72.5 cm³/mol. The number of carbonyl (C=O) groups is 1. The number of hydrogen-bond donors (Lipinski definition) is 1. The molecule has 0 spiro atoms. The second-order valence-electron chi connectivity index (χ2n) is 6.45. The summed E-state index contributed by atoms with van der Waals surface area (Å²) in [5.41, 5.74) is -0.0817. The van der Waals surface area contributed by atoms with Gasteiger partial charge in [0.05, 0.1) is 32.3 Å². The number of tetrazole rings is 1. The van der Waals surface area contributed by atoms with E-state index in [1.54, 1.807) is 0 Å². The second-order valence-corrected chi connectivity index (χ2v) is 6.45. The Kier molecular flexibility index (Phi) is 4.89. The van der Waals surface area contributed by atoms with Crippen LogP contribution in [0.1, 0.15) is 39.1 Å². The maximum absolute atomic E-state index is 11.5. The Hall–Kier alpha value is -1.54. The van der Waals surface area contributed by atoms with E-state index >= 15 is 0 Å². The van der Waals surface area contributed by atoms with Crippen LogP contribution in [-0.4, -0.2) is 51.1 Å². The van der Waals surface area contributed by atoms with Crippen molar-refractivity contribution in [3.05, 3.63) is 5.82 Å². The SMILES string of the molecule is CC(C)(C)CC(Cn1nnnc1C1COCCO1)C(=O)O. The first-order valence-corrected chi connectivity index (χ1v) is 7.05. The van der Waals surface area contributed by atoms with E-state index in [9.17, 15) is 9.90 Å². The lowest BCUT2D eigenvalue weighted by molar-refractivity contribution is -0.143. The van der Waals surface area contributed by atoms with Crippen molar-refractivity contribution >= 4 is 5.97 Å². The molecule has 2 unspecified atom stereocenters. The maximum Gasteiger partial charge on any atom is 0.308 e. The Bertz CT molecular complexity index is 477. The highest BCUT2D eigenvalue weighted by atomic mass is 16.6. The second kappa shape index (κ2) is 6.48. The van der Waals surface area contributed by atoms with Crippen LogP contribution in [0.15, 0.2) is 0 Å². The topological polar surface area (TPSA) is 99.4 Å². The van der Waals surface area contributed by atoms with Crippen LogP contribution in [0.4, 0.5) is 0 Å². The summed E-state index contributed by atoms with van der Waals surface area (Å²) in [6, 6.07) is 0. The molecule has 1 fully saturated rings. The molecule has 8 heteroatoms. The highest BCUT2D eigenvalue weighted by molar-refractivity contribution is 5.69. The molecule has 1 aromatic heterocycles. The molecule has 1 aliphatic heterocycles. The van der Waals surface area contributed by atoms with E-state index in [1.807, 2.05) is 20.8 Å². The number of rotatable bonds is 5. The van der Waals surface area contributed by atoms with Gasteiger partial charge in [-0.2, -0.15) is 0 Å². The third kappa shape index (κ3) is 4.47. The van der Waals surface area contributed by atoms with Gasteiger partial charge in [-0.25, -0.2) is 4.68 Å². The van der Waals surface area contributed by atoms with Gasteiger partial charge < -0.3 is 14.6 Å². The lowest BCUT2D eigenvalue weighted by Gasteiger charge is -2.25. The van der Waals surface area contributed by atoms with Gasteiger partial charge in [0.2, 0.25) is 0 Å². The molecule has 0 bridgehead atoms. The number of ether oxygens (including phenoxy) is 2. The van der Waals surface area contributed by atoms with Crippen LogP contribution in [0.25, 0.3) is 0 Å². The van der Waals surface area contributed by atoms with Gasteiger partial charge in [-0.1, -0.05) is 20.8 Å². The molecule has 0 radical (unpaired) electrons. The maximum atomic E-state index is 11.5. The molecule has 1 aliphatic rings. The lowest BCUT2D eigenvalue weighted by Crippen LogP contribution is -2.29. The van der Waals surface area contributed by atoms with E-state index in [1.165, 1.54) is 4.68 Å². The van der Waals surface area contributed by atoms with E-state index in [4.69, 9.17) is 9.47 Å². The van der Waals surface area contributed by atoms with Gasteiger partial charge in [0.25, 0.3) is 0 Å². The van der Waals surface area contributed by atoms with Crippen molar-refractivity contribution in [2.75, 3.05) is 19.8 Å². The van der Waals surface area contributed by atoms with Crippen molar-refractivity contribution in [2.45, 2.75) is 39.8 Å². The summed E-state index contributed by atoms with van der Waals surface area (Å²) in [5, 5.41) is 20.9. The van der Waals surface area contributed by atoms with Crippen LogP contribution in [-0.2, 0) is 20.8 Å². The highest BCUT2D eigenvalue weighted by Crippen LogP contribution is 2.26. The van der Waals surface area contributed by atoms with Gasteiger partial charge in [0, 0.05) is 0 Å². The molecule has 118 valence electrons. The Morgan fingerprint density at radius 3 is 2.81 bits per heavy atom. The Labute approximate surface area is 123 Å². The summed E-state index contributed by atoms with van der Waals surface area (Å²) in [6.07, 6.45) is 0.210. The molecule has 2 rings (SSSR count). The minimum Gasteiger partial charge on any atom is -0.481 e. The average molecular weight is 298 g/mol. The van der Waals surface area contributed by atoms with Crippen molar-refractivity contribution in [3.8, 4) is 0 Å². The van der Waals surface area contributed by atoms with Crippen LogP contribution >= 0.6 is 0 Å². The number of carboxylic acids is 1. The number of aliphatic carboxylic acids is 1. The smallest absolute Gasteiger partial charge is 0.308 e. The number of aromatic nitrogens is 4. The fraction of sp³-hybridized carbons (Fsp3) is 0.846. The first kappa shape index (κ1) is 15.8. The van der Waals surface area contributed by atoms with Crippen molar-refractivity contribution in [1.29, 1.82) is 0 Å². The standard InChI is InChI=1S/C13H22N4O4/c1-13(2,3)6-9(12(18)19)7-17-11(14-15-16-17)10-8-20-4-5-21-10/h9-10H,4-8H2,1-3H3,(H,18,19). The lowest BCUT2D eigenvalue weighted by atomic mass is 9.84. The zero-order valence-corrected chi connectivity index (χ0v) is 12.7. The van der Waals surface area contributed by atoms with Gasteiger partial charge >= 0.3 is 5.97 Å². The summed E-state index contributed by atoms with van der Waals surface area (Å²) in [7, 11) is 0. The van der Waals surface area contributed by atoms with E-state index in [0.29, 0.717) is 32.1 Å². The van der Waals surface area contributed by atoms with Crippen molar-refractivity contribution in [2.24, 2.45) is 11.3 Å². The summed E-state index contributed by atoms with van der Waals surface area (Å²) in [6.45, 7) is 7.71. The summed E-state index contributed by atoms with van der Waals surface area (Å²) < 4.78 is 12.4. The molecule has 8 nitrogen and oxygen atoms in total. The molecule has 0 aliphatic carbocycles. The Morgan fingerprint density at radius 2 is 2.24 bits per heavy atom. The van der Waals surface area contributed by atoms with Crippen LogP contribution in [0, 0.1) is 11.3 Å². The van der Waals surface area contributed by atoms with Crippen LogP contribution in [0.2, 0.25) is 0 Å². The summed E-state index contributed by atoms with van der Waals surface area (Å²) in [5.74, 6) is -0.862. The van der Waals surface area contributed by atoms with Gasteiger partial charge in [-0.3, -0.25) is 4.79 Å². The Balaban J connectivity index is 2.10. The van der Waals surface area contributed by atoms with Gasteiger partial charge in [0.15, 0.2) is 5.82 Å². The molecule has 2 heterocycles. The minimum atomic E-state index is -0.841.